The predicted molar refractivity (Wildman–Crippen MR) is 151 cm³/mol. The van der Waals surface area contributed by atoms with Gasteiger partial charge in [0.2, 0.25) is 5.60 Å². The van der Waals surface area contributed by atoms with Crippen LogP contribution in [-0.2, 0) is 40.7 Å². The van der Waals surface area contributed by atoms with Crippen LogP contribution >= 0.6 is 0 Å². The van der Waals surface area contributed by atoms with Gasteiger partial charge < -0.3 is 19.3 Å². The van der Waals surface area contributed by atoms with Gasteiger partial charge in [-0.15, -0.1) is 0 Å². The van der Waals surface area contributed by atoms with Crippen LogP contribution in [0.5, 0.6) is 0 Å². The maximum atomic E-state index is 13.4. The molecule has 3 heterocycles. The summed E-state index contributed by atoms with van der Waals surface area (Å²) in [6.45, 7) is 8.33. The van der Waals surface area contributed by atoms with E-state index in [0.29, 0.717) is 37.1 Å². The number of rotatable bonds is 8. The van der Waals surface area contributed by atoms with Crippen molar-refractivity contribution in [3.63, 3.8) is 0 Å². The lowest BCUT2D eigenvalue weighted by molar-refractivity contribution is -0.156. The number of cyclic esters (lactones) is 1. The Kier molecular flexibility index (Phi) is 7.87. The van der Waals surface area contributed by atoms with Crippen LogP contribution in [-0.4, -0.2) is 43.4 Å². The molecule has 1 atom stereocenters. The molecule has 0 saturated carbocycles. The van der Waals surface area contributed by atoms with E-state index in [4.69, 9.17) is 9.47 Å². The first-order valence-electron chi connectivity index (χ1n) is 13.9. The van der Waals surface area contributed by atoms with E-state index in [1.54, 1.807) is 9.80 Å². The van der Waals surface area contributed by atoms with Gasteiger partial charge in [-0.2, -0.15) is 0 Å². The van der Waals surface area contributed by atoms with Crippen LogP contribution in [0.15, 0.2) is 72.8 Å². The van der Waals surface area contributed by atoms with Crippen molar-refractivity contribution < 1.29 is 28.7 Å². The molecule has 1 spiro atoms. The summed E-state index contributed by atoms with van der Waals surface area (Å²) in [6, 6.07) is 15.3. The van der Waals surface area contributed by atoms with Gasteiger partial charge in [-0.3, -0.25) is 9.59 Å². The van der Waals surface area contributed by atoms with Gasteiger partial charge in [0.15, 0.2) is 6.61 Å². The summed E-state index contributed by atoms with van der Waals surface area (Å²) in [5, 5.41) is 0. The third-order valence-electron chi connectivity index (χ3n) is 7.90. The van der Waals surface area contributed by atoms with Crippen molar-refractivity contribution in [1.29, 1.82) is 0 Å². The number of aryl methyl sites for hydroxylation is 1. The number of unbranched alkanes of at least 4 members (excludes halogenated alkanes) is 4. The smallest absolute Gasteiger partial charge is 0.335 e. The lowest BCUT2D eigenvalue weighted by Crippen LogP contribution is -2.40. The molecule has 3 aliphatic heterocycles. The molecule has 1 unspecified atom stereocenters. The number of carbonyl (C=O) groups excluding carboxylic acids is 4. The number of benzene rings is 2. The summed E-state index contributed by atoms with van der Waals surface area (Å²) >= 11 is 0. The van der Waals surface area contributed by atoms with E-state index in [-0.39, 0.29) is 24.8 Å². The molecule has 0 radical (unpaired) electrons. The average Bonchev–Trinajstić information content (AvgIpc) is 3.38. The van der Waals surface area contributed by atoms with Crippen molar-refractivity contribution in [2.45, 2.75) is 57.0 Å². The Labute approximate surface area is 234 Å². The van der Waals surface area contributed by atoms with Crippen LogP contribution in [0.3, 0.4) is 0 Å². The van der Waals surface area contributed by atoms with Gasteiger partial charge in [-0.1, -0.05) is 68.8 Å². The molecule has 1 saturated heterocycles. The Morgan fingerprint density at radius 3 is 2.10 bits per heavy atom. The molecule has 2 aromatic carbocycles. The Morgan fingerprint density at radius 1 is 0.725 bits per heavy atom. The Bertz CT molecular complexity index is 1360. The zero-order valence-electron chi connectivity index (χ0n) is 22.7. The third-order valence-corrected chi connectivity index (χ3v) is 7.90. The van der Waals surface area contributed by atoms with Crippen LogP contribution in [0, 0.1) is 0 Å². The number of hydrogen-bond acceptors (Lipinski definition) is 6. The highest BCUT2D eigenvalue weighted by Gasteiger charge is 2.58. The summed E-state index contributed by atoms with van der Waals surface area (Å²) in [7, 11) is 0. The number of ether oxygens (including phenoxy) is 2. The fraction of sp³-hybridized carbons (Fsp3) is 0.375. The summed E-state index contributed by atoms with van der Waals surface area (Å²) in [5.41, 5.74) is 2.80. The first kappa shape index (κ1) is 27.4. The molecule has 0 bridgehead atoms. The number of esters is 2. The molecule has 5 rings (SSSR count). The predicted octanol–water partition coefficient (Wildman–Crippen LogP) is 4.76. The standard InChI is InChI=1S/C32H34N2O6/c1-22-16-17-24-12-6-8-14-26(24)33(28(35)21-39-29(22)36)18-10-4-3-5-11-19-34-27-15-9-7-13-25(27)32(31(34)38)20-23(2)30(37)40-32/h6-9,12-15H,1-5,10-11,16-21H2. The molecule has 1 fully saturated rings. The lowest BCUT2D eigenvalue weighted by Gasteiger charge is -2.26. The summed E-state index contributed by atoms with van der Waals surface area (Å²) in [5.74, 6) is -1.48. The van der Waals surface area contributed by atoms with E-state index in [2.05, 4.69) is 13.2 Å². The average molecular weight is 543 g/mol. The Morgan fingerprint density at radius 2 is 1.38 bits per heavy atom. The van der Waals surface area contributed by atoms with Crippen LogP contribution < -0.4 is 9.80 Å². The van der Waals surface area contributed by atoms with E-state index in [0.717, 1.165) is 54.6 Å². The fourth-order valence-corrected chi connectivity index (χ4v) is 5.75. The van der Waals surface area contributed by atoms with Crippen LogP contribution in [0.1, 0.15) is 56.1 Å². The first-order chi connectivity index (χ1) is 19.3. The highest BCUT2D eigenvalue weighted by Crippen LogP contribution is 2.49. The second kappa shape index (κ2) is 11.5. The second-order valence-corrected chi connectivity index (χ2v) is 10.6. The van der Waals surface area contributed by atoms with Crippen molar-refractivity contribution in [2.75, 3.05) is 29.5 Å². The molecule has 2 aromatic rings. The lowest BCUT2D eigenvalue weighted by atomic mass is 9.91. The van der Waals surface area contributed by atoms with Crippen molar-refractivity contribution in [3.05, 3.63) is 84.0 Å². The SMILES string of the molecule is C=C1CCc2ccccc2N(CCCCCCCN2C(=O)C3(CC(=C)C(=O)O3)c3ccccc32)C(=O)COC1=O. The van der Waals surface area contributed by atoms with Gasteiger partial charge in [0.25, 0.3) is 11.8 Å². The minimum atomic E-state index is -1.28. The van der Waals surface area contributed by atoms with E-state index < -0.39 is 17.5 Å². The largest absolute Gasteiger partial charge is 0.452 e. The van der Waals surface area contributed by atoms with E-state index >= 15 is 0 Å². The van der Waals surface area contributed by atoms with E-state index in [1.165, 1.54) is 0 Å². The van der Waals surface area contributed by atoms with E-state index in [1.807, 2.05) is 48.5 Å². The van der Waals surface area contributed by atoms with Crippen molar-refractivity contribution in [2.24, 2.45) is 0 Å². The monoisotopic (exact) mass is 542 g/mol. The number of carbonyl (C=O) groups is 4. The molecule has 40 heavy (non-hydrogen) atoms. The van der Waals surface area contributed by atoms with Gasteiger partial charge in [0.1, 0.15) is 0 Å². The molecule has 0 aromatic heterocycles. The number of anilines is 2. The molecule has 8 nitrogen and oxygen atoms in total. The molecule has 3 aliphatic rings. The molecule has 0 aliphatic carbocycles. The highest BCUT2D eigenvalue weighted by atomic mass is 16.6. The molecule has 0 N–H and O–H groups in total. The summed E-state index contributed by atoms with van der Waals surface area (Å²) in [6.07, 6.45) is 5.65. The van der Waals surface area contributed by atoms with Gasteiger partial charge in [0.05, 0.1) is 5.69 Å². The third kappa shape index (κ3) is 5.18. The zero-order valence-corrected chi connectivity index (χ0v) is 22.7. The topological polar surface area (TPSA) is 93.2 Å². The van der Waals surface area contributed by atoms with Gasteiger partial charge in [0, 0.05) is 41.9 Å². The Balaban J connectivity index is 1.14. The minimum absolute atomic E-state index is 0.185. The maximum Gasteiger partial charge on any atom is 0.335 e. The molecule has 8 heteroatoms. The molecular formula is C32H34N2O6. The van der Waals surface area contributed by atoms with E-state index in [9.17, 15) is 19.2 Å². The molecule has 2 amide bonds. The number of para-hydroxylation sites is 2. The fourth-order valence-electron chi connectivity index (χ4n) is 5.75. The van der Waals surface area contributed by atoms with Crippen molar-refractivity contribution >= 4 is 35.1 Å². The minimum Gasteiger partial charge on any atom is -0.452 e. The zero-order chi connectivity index (χ0) is 28.3. The maximum absolute atomic E-state index is 13.4. The number of amides is 2. The summed E-state index contributed by atoms with van der Waals surface area (Å²) in [4.78, 5) is 54.1. The van der Waals surface area contributed by atoms with Gasteiger partial charge in [-0.25, -0.2) is 9.59 Å². The quantitative estimate of drug-likeness (QED) is 0.271. The highest BCUT2D eigenvalue weighted by molar-refractivity contribution is 6.11. The number of fused-ring (bicyclic) bond motifs is 3. The van der Waals surface area contributed by atoms with Crippen molar-refractivity contribution in [3.8, 4) is 0 Å². The van der Waals surface area contributed by atoms with Crippen molar-refractivity contribution in [1.82, 2.24) is 0 Å². The molecular weight excluding hydrogens is 508 g/mol. The van der Waals surface area contributed by atoms with Crippen LogP contribution in [0.25, 0.3) is 0 Å². The first-order valence-corrected chi connectivity index (χ1v) is 13.9. The van der Waals surface area contributed by atoms with Gasteiger partial charge in [-0.05, 0) is 43.4 Å². The van der Waals surface area contributed by atoms with Gasteiger partial charge >= 0.3 is 11.9 Å². The second-order valence-electron chi connectivity index (χ2n) is 10.6. The van der Waals surface area contributed by atoms with Crippen LogP contribution in [0.4, 0.5) is 11.4 Å². The van der Waals surface area contributed by atoms with Crippen LogP contribution in [0.2, 0.25) is 0 Å². The Hall–Kier alpha value is -4.20. The normalized spacial score (nSPS) is 21.0. The number of hydrogen-bond donors (Lipinski definition) is 0. The summed E-state index contributed by atoms with van der Waals surface area (Å²) < 4.78 is 10.8. The number of nitrogens with zero attached hydrogens (tertiary/aromatic N) is 2. The molecule has 208 valence electrons.